The van der Waals surface area contributed by atoms with Crippen molar-refractivity contribution in [3.8, 4) is 5.75 Å². The number of ether oxygens (including phenoxy) is 1. The molecular formula is C14H14ClN3O2. The standard InChI is InChI=1S/C14H14ClN3O2/c1-8-7-9(20-2)3-5-11(8)17-14(19)13-10(15)4-6-12(16)18-13/h3-7H,1-2H3,(H2,16,18)(H,17,19). The summed E-state index contributed by atoms with van der Waals surface area (Å²) in [7, 11) is 1.59. The van der Waals surface area contributed by atoms with Gasteiger partial charge in [0.15, 0.2) is 0 Å². The zero-order chi connectivity index (χ0) is 14.7. The fourth-order valence-electron chi connectivity index (χ4n) is 1.70. The Morgan fingerprint density at radius 3 is 2.75 bits per heavy atom. The Hall–Kier alpha value is -2.27. The number of methoxy groups -OCH3 is 1. The smallest absolute Gasteiger partial charge is 0.275 e. The highest BCUT2D eigenvalue weighted by molar-refractivity contribution is 6.34. The quantitative estimate of drug-likeness (QED) is 0.911. The van der Waals surface area contributed by atoms with Gasteiger partial charge in [-0.05, 0) is 42.8 Å². The van der Waals surface area contributed by atoms with Gasteiger partial charge in [-0.3, -0.25) is 4.79 Å². The van der Waals surface area contributed by atoms with E-state index < -0.39 is 5.91 Å². The summed E-state index contributed by atoms with van der Waals surface area (Å²) in [6.45, 7) is 1.87. The number of aromatic nitrogens is 1. The van der Waals surface area contributed by atoms with Crippen LogP contribution in [0, 0.1) is 6.92 Å². The highest BCUT2D eigenvalue weighted by Crippen LogP contribution is 2.23. The van der Waals surface area contributed by atoms with Gasteiger partial charge in [0.05, 0.1) is 12.1 Å². The molecule has 20 heavy (non-hydrogen) atoms. The Morgan fingerprint density at radius 2 is 2.10 bits per heavy atom. The molecule has 0 fully saturated rings. The third-order valence-corrected chi connectivity index (χ3v) is 3.07. The molecule has 0 aliphatic rings. The second-order valence-electron chi connectivity index (χ2n) is 4.20. The number of carbonyl (C=O) groups excluding carboxylic acids is 1. The van der Waals surface area contributed by atoms with Crippen LogP contribution in [0.2, 0.25) is 5.02 Å². The number of nitrogens with one attached hydrogen (secondary N) is 1. The number of amides is 1. The molecule has 1 aromatic heterocycles. The first-order valence-corrected chi connectivity index (χ1v) is 6.27. The van der Waals surface area contributed by atoms with E-state index in [-0.39, 0.29) is 16.5 Å². The highest BCUT2D eigenvalue weighted by Gasteiger charge is 2.14. The van der Waals surface area contributed by atoms with E-state index >= 15 is 0 Å². The molecule has 1 amide bonds. The molecule has 1 heterocycles. The van der Waals surface area contributed by atoms with Gasteiger partial charge < -0.3 is 15.8 Å². The fraction of sp³-hybridized carbons (Fsp3) is 0.143. The summed E-state index contributed by atoms with van der Waals surface area (Å²) in [6.07, 6.45) is 0. The number of nitrogens with two attached hydrogens (primary N) is 1. The third kappa shape index (κ3) is 3.00. The number of hydrogen-bond acceptors (Lipinski definition) is 4. The summed E-state index contributed by atoms with van der Waals surface area (Å²) in [6, 6.07) is 8.42. The van der Waals surface area contributed by atoms with Crippen LogP contribution in [0.3, 0.4) is 0 Å². The van der Waals surface area contributed by atoms with Gasteiger partial charge in [-0.1, -0.05) is 11.6 Å². The van der Waals surface area contributed by atoms with Crippen LogP contribution in [-0.2, 0) is 0 Å². The summed E-state index contributed by atoms with van der Waals surface area (Å²) < 4.78 is 5.11. The number of hydrogen-bond donors (Lipinski definition) is 2. The van der Waals surface area contributed by atoms with Crippen molar-refractivity contribution in [1.82, 2.24) is 4.98 Å². The van der Waals surface area contributed by atoms with Crippen molar-refractivity contribution in [1.29, 1.82) is 0 Å². The predicted molar refractivity (Wildman–Crippen MR) is 79.3 cm³/mol. The molecule has 0 saturated heterocycles. The summed E-state index contributed by atoms with van der Waals surface area (Å²) >= 11 is 5.95. The number of benzene rings is 1. The minimum Gasteiger partial charge on any atom is -0.497 e. The lowest BCUT2D eigenvalue weighted by Crippen LogP contribution is -2.15. The van der Waals surface area contributed by atoms with Gasteiger partial charge in [0.2, 0.25) is 0 Å². The van der Waals surface area contributed by atoms with Gasteiger partial charge in [0, 0.05) is 5.69 Å². The molecule has 5 nitrogen and oxygen atoms in total. The van der Waals surface area contributed by atoms with E-state index in [1.165, 1.54) is 6.07 Å². The molecule has 0 bridgehead atoms. The number of aryl methyl sites for hydroxylation is 1. The SMILES string of the molecule is COc1ccc(NC(=O)c2nc(N)ccc2Cl)c(C)c1. The zero-order valence-corrected chi connectivity index (χ0v) is 11.9. The van der Waals surface area contributed by atoms with E-state index in [0.29, 0.717) is 5.69 Å². The molecule has 6 heteroatoms. The van der Waals surface area contributed by atoms with Crippen molar-refractivity contribution in [2.24, 2.45) is 0 Å². The lowest BCUT2D eigenvalue weighted by molar-refractivity contribution is 0.102. The lowest BCUT2D eigenvalue weighted by Gasteiger charge is -2.10. The van der Waals surface area contributed by atoms with Crippen LogP contribution in [0.15, 0.2) is 30.3 Å². The van der Waals surface area contributed by atoms with Crippen LogP contribution in [-0.4, -0.2) is 18.0 Å². The van der Waals surface area contributed by atoms with E-state index in [9.17, 15) is 4.79 Å². The first kappa shape index (κ1) is 14.1. The number of anilines is 2. The Bertz CT molecular complexity index is 659. The average Bonchev–Trinajstić information content (AvgIpc) is 2.43. The van der Waals surface area contributed by atoms with Crippen molar-refractivity contribution in [3.63, 3.8) is 0 Å². The molecule has 2 rings (SSSR count). The summed E-state index contributed by atoms with van der Waals surface area (Å²) in [5.41, 5.74) is 7.20. The van der Waals surface area contributed by atoms with Crippen LogP contribution in [0.5, 0.6) is 5.75 Å². The number of rotatable bonds is 3. The molecule has 2 aromatic rings. The largest absolute Gasteiger partial charge is 0.497 e. The first-order chi connectivity index (χ1) is 9.51. The minimum absolute atomic E-state index is 0.0990. The number of pyridine rings is 1. The molecule has 0 saturated carbocycles. The normalized spacial score (nSPS) is 10.2. The van der Waals surface area contributed by atoms with Gasteiger partial charge in [-0.2, -0.15) is 0 Å². The first-order valence-electron chi connectivity index (χ1n) is 5.89. The Labute approximate surface area is 121 Å². The number of halogens is 1. The van der Waals surface area contributed by atoms with Crippen molar-refractivity contribution >= 4 is 29.0 Å². The molecule has 104 valence electrons. The zero-order valence-electron chi connectivity index (χ0n) is 11.1. The van der Waals surface area contributed by atoms with Crippen LogP contribution < -0.4 is 15.8 Å². The topological polar surface area (TPSA) is 77.2 Å². The van der Waals surface area contributed by atoms with Gasteiger partial charge in [-0.15, -0.1) is 0 Å². The molecule has 3 N–H and O–H groups in total. The molecule has 1 aromatic carbocycles. The monoisotopic (exact) mass is 291 g/mol. The van der Waals surface area contributed by atoms with Gasteiger partial charge in [0.25, 0.3) is 5.91 Å². The van der Waals surface area contributed by atoms with Crippen LogP contribution in [0.4, 0.5) is 11.5 Å². The second kappa shape index (κ2) is 5.79. The maximum Gasteiger partial charge on any atom is 0.275 e. The number of carbonyl (C=O) groups is 1. The van der Waals surface area contributed by atoms with Crippen molar-refractivity contribution < 1.29 is 9.53 Å². The van der Waals surface area contributed by atoms with Crippen molar-refractivity contribution in [3.05, 3.63) is 46.6 Å². The van der Waals surface area contributed by atoms with E-state index in [4.69, 9.17) is 22.1 Å². The molecular weight excluding hydrogens is 278 g/mol. The average molecular weight is 292 g/mol. The lowest BCUT2D eigenvalue weighted by atomic mass is 10.2. The predicted octanol–water partition coefficient (Wildman–Crippen LogP) is 2.89. The Balaban J connectivity index is 2.25. The van der Waals surface area contributed by atoms with E-state index in [0.717, 1.165) is 11.3 Å². The van der Waals surface area contributed by atoms with Crippen molar-refractivity contribution in [2.75, 3.05) is 18.2 Å². The van der Waals surface area contributed by atoms with Crippen LogP contribution in [0.1, 0.15) is 16.1 Å². The number of nitrogens with zero attached hydrogens (tertiary/aromatic N) is 1. The molecule has 0 spiro atoms. The molecule has 0 radical (unpaired) electrons. The van der Waals surface area contributed by atoms with E-state index in [2.05, 4.69) is 10.3 Å². The van der Waals surface area contributed by atoms with Crippen molar-refractivity contribution in [2.45, 2.75) is 6.92 Å². The highest BCUT2D eigenvalue weighted by atomic mass is 35.5. The summed E-state index contributed by atoms with van der Waals surface area (Å²) in [4.78, 5) is 16.1. The molecule has 0 unspecified atom stereocenters. The second-order valence-corrected chi connectivity index (χ2v) is 4.61. The summed E-state index contributed by atoms with van der Waals surface area (Å²) in [5, 5.41) is 3.00. The molecule has 0 aliphatic carbocycles. The van der Waals surface area contributed by atoms with Gasteiger partial charge in [-0.25, -0.2) is 4.98 Å². The van der Waals surface area contributed by atoms with Crippen LogP contribution in [0.25, 0.3) is 0 Å². The van der Waals surface area contributed by atoms with E-state index in [1.807, 2.05) is 13.0 Å². The summed E-state index contributed by atoms with van der Waals surface area (Å²) in [5.74, 6) is 0.558. The number of nitrogen functional groups attached to an aromatic ring is 1. The van der Waals surface area contributed by atoms with E-state index in [1.54, 1.807) is 25.3 Å². The maximum absolute atomic E-state index is 12.1. The Morgan fingerprint density at radius 1 is 1.35 bits per heavy atom. The third-order valence-electron chi connectivity index (χ3n) is 2.76. The van der Waals surface area contributed by atoms with Gasteiger partial charge in [0.1, 0.15) is 17.3 Å². The minimum atomic E-state index is -0.407. The van der Waals surface area contributed by atoms with Gasteiger partial charge >= 0.3 is 0 Å². The maximum atomic E-state index is 12.1. The Kier molecular flexibility index (Phi) is 4.10. The molecule has 0 aliphatic heterocycles. The fourth-order valence-corrected chi connectivity index (χ4v) is 1.89. The molecule has 0 atom stereocenters. The van der Waals surface area contributed by atoms with Crippen LogP contribution >= 0.6 is 11.6 Å².